The fourth-order valence-corrected chi connectivity index (χ4v) is 0.658. The van der Waals surface area contributed by atoms with E-state index in [0.717, 1.165) is 0 Å². The summed E-state index contributed by atoms with van der Waals surface area (Å²) in [6.45, 7) is 0.448. The molecule has 0 aliphatic carbocycles. The smallest absolute Gasteiger partial charge is 0.320 e. The van der Waals surface area contributed by atoms with Gasteiger partial charge in [-0.05, 0) is 19.4 Å². The van der Waals surface area contributed by atoms with E-state index in [1.165, 1.54) is 0 Å². The van der Waals surface area contributed by atoms with Gasteiger partial charge < -0.3 is 10.4 Å². The summed E-state index contributed by atoms with van der Waals surface area (Å²) in [6.07, 6.45) is -0.402. The van der Waals surface area contributed by atoms with Crippen LogP contribution in [0.5, 0.6) is 0 Å². The fourth-order valence-electron chi connectivity index (χ4n) is 0.658. The molecule has 0 unspecified atom stereocenters. The molecule has 0 saturated carbocycles. The second-order valence-corrected chi connectivity index (χ2v) is 1.64. The highest BCUT2D eigenvalue weighted by Gasteiger charge is 2.20. The molecule has 2 N–H and O–H groups in total. The minimum absolute atomic E-state index is 0.440. The Balaban J connectivity index is 2.75. The van der Waals surface area contributed by atoms with Crippen molar-refractivity contribution in [1.29, 1.82) is 0 Å². The van der Waals surface area contributed by atoms with Gasteiger partial charge in [0.2, 0.25) is 0 Å². The summed E-state index contributed by atoms with van der Waals surface area (Å²) in [4.78, 5) is 10.4. The van der Waals surface area contributed by atoms with Crippen LogP contribution in [0.1, 0.15) is 15.6 Å². The zero-order valence-electron chi connectivity index (χ0n) is 6.35. The first-order chi connectivity index (χ1) is 4.57. The molecule has 8 heavy (non-hydrogen) atoms. The average Bonchev–Trinajstić information content (AvgIpc) is 2.15. The van der Waals surface area contributed by atoms with Crippen molar-refractivity contribution >= 4 is 5.97 Å². The lowest BCUT2D eigenvalue weighted by atomic mass is 10.2. The molecule has 1 aliphatic rings. The third-order valence-corrected chi connectivity index (χ3v) is 1.04. The average molecular weight is 117 g/mol. The Hall–Kier alpha value is -0.570. The molecule has 1 rings (SSSR count). The van der Waals surface area contributed by atoms with Crippen molar-refractivity contribution in [2.24, 2.45) is 0 Å². The number of nitrogens with one attached hydrogen (secondary N) is 1. The second kappa shape index (κ2) is 2.13. The SMILES string of the molecule is [2H][C@@H]1CCN[C@]1([2H])C(=O)O. The summed E-state index contributed by atoms with van der Waals surface area (Å²) >= 11 is 0. The van der Waals surface area contributed by atoms with Gasteiger partial charge in [0.25, 0.3) is 0 Å². The predicted molar refractivity (Wildman–Crippen MR) is 28.7 cm³/mol. The number of rotatable bonds is 1. The number of aliphatic carboxylic acids is 1. The van der Waals surface area contributed by atoms with Crippen LogP contribution in [0.4, 0.5) is 0 Å². The van der Waals surface area contributed by atoms with Crippen LogP contribution in [0.2, 0.25) is 0 Å². The summed E-state index contributed by atoms with van der Waals surface area (Å²) < 4.78 is 14.4. The molecule has 0 aromatic carbocycles. The Morgan fingerprint density at radius 2 is 2.88 bits per heavy atom. The van der Waals surface area contributed by atoms with E-state index in [2.05, 4.69) is 5.32 Å². The quantitative estimate of drug-likeness (QED) is 0.501. The molecular weight excluding hydrogens is 106 g/mol. The van der Waals surface area contributed by atoms with E-state index in [1.54, 1.807) is 0 Å². The molecule has 1 heterocycles. The van der Waals surface area contributed by atoms with E-state index in [1.807, 2.05) is 0 Å². The highest BCUT2D eigenvalue weighted by Crippen LogP contribution is 2.03. The zero-order chi connectivity index (χ0) is 7.78. The molecule has 0 aromatic rings. The molecular formula is C5H9NO2. The first-order valence-corrected chi connectivity index (χ1v) is 2.48. The molecule has 1 saturated heterocycles. The molecule has 3 nitrogen and oxygen atoms in total. The molecule has 0 radical (unpaired) electrons. The van der Waals surface area contributed by atoms with Crippen LogP contribution < -0.4 is 5.32 Å². The highest BCUT2D eigenvalue weighted by molar-refractivity contribution is 5.73. The first kappa shape index (κ1) is 3.45. The fraction of sp³-hybridized carbons (Fsp3) is 0.800. The number of hydrogen-bond donors (Lipinski definition) is 2. The van der Waals surface area contributed by atoms with E-state index in [4.69, 9.17) is 7.85 Å². The Morgan fingerprint density at radius 1 is 2.12 bits per heavy atom. The van der Waals surface area contributed by atoms with Gasteiger partial charge in [0.05, 0.1) is 1.37 Å². The van der Waals surface area contributed by atoms with Crippen LogP contribution in [-0.4, -0.2) is 23.6 Å². The van der Waals surface area contributed by atoms with Crippen LogP contribution in [0.3, 0.4) is 0 Å². The maximum absolute atomic E-state index is 10.4. The van der Waals surface area contributed by atoms with E-state index in [0.29, 0.717) is 13.0 Å². The van der Waals surface area contributed by atoms with Crippen molar-refractivity contribution in [3.63, 3.8) is 0 Å². The summed E-state index contributed by atoms with van der Waals surface area (Å²) in [5.74, 6) is -1.26. The maximum atomic E-state index is 10.4. The van der Waals surface area contributed by atoms with E-state index in [-0.39, 0.29) is 0 Å². The number of carboxylic acid groups (broad SMARTS) is 1. The van der Waals surface area contributed by atoms with E-state index >= 15 is 0 Å². The van der Waals surface area contributed by atoms with Gasteiger partial charge in [-0.25, -0.2) is 0 Å². The minimum Gasteiger partial charge on any atom is -0.480 e. The van der Waals surface area contributed by atoms with Gasteiger partial charge in [-0.3, -0.25) is 4.79 Å². The second-order valence-electron chi connectivity index (χ2n) is 1.64. The monoisotopic (exact) mass is 117 g/mol. The third-order valence-electron chi connectivity index (χ3n) is 1.04. The van der Waals surface area contributed by atoms with Crippen molar-refractivity contribution in [1.82, 2.24) is 5.32 Å². The maximum Gasteiger partial charge on any atom is 0.320 e. The van der Waals surface area contributed by atoms with Crippen LogP contribution in [0, 0.1) is 0 Å². The summed E-state index contributed by atoms with van der Waals surface area (Å²) in [5.41, 5.74) is 0. The van der Waals surface area contributed by atoms with Gasteiger partial charge in [-0.15, -0.1) is 0 Å². The zero-order valence-corrected chi connectivity index (χ0v) is 4.35. The van der Waals surface area contributed by atoms with Crippen LogP contribution in [0.15, 0.2) is 0 Å². The van der Waals surface area contributed by atoms with Crippen molar-refractivity contribution in [2.75, 3.05) is 6.54 Å². The predicted octanol–water partition coefficient (Wildman–Crippen LogP) is -0.177. The van der Waals surface area contributed by atoms with Gasteiger partial charge in [0.1, 0.15) is 6.02 Å². The number of carbonyl (C=O) groups is 1. The largest absolute Gasteiger partial charge is 0.480 e. The molecule has 1 fully saturated rings. The summed E-state index contributed by atoms with van der Waals surface area (Å²) in [6, 6.07) is -1.76. The number of hydrogen-bond acceptors (Lipinski definition) is 2. The normalized spacial score (nSPS) is 50.2. The topological polar surface area (TPSA) is 49.3 Å². The molecule has 1 aliphatic heterocycles. The van der Waals surface area contributed by atoms with Crippen LogP contribution in [0.25, 0.3) is 0 Å². The Bertz CT molecular complexity index is 164. The molecule has 0 aromatic heterocycles. The third kappa shape index (κ3) is 0.980. The lowest BCUT2D eigenvalue weighted by Gasteiger charge is -1.99. The Morgan fingerprint density at radius 3 is 3.12 bits per heavy atom. The highest BCUT2D eigenvalue weighted by atomic mass is 16.4. The lowest BCUT2D eigenvalue weighted by Crippen LogP contribution is -2.29. The standard InChI is InChI=1S/C5H9NO2/c7-5(8)4-2-1-3-6-4/h4,6H,1-3H2,(H,7,8)/t4-/m0/s1/i2D,4D/t2-,4+/m1. The van der Waals surface area contributed by atoms with Crippen LogP contribution >= 0.6 is 0 Å². The molecule has 3 heteroatoms. The van der Waals surface area contributed by atoms with Gasteiger partial charge >= 0.3 is 5.97 Å². The first-order valence-electron chi connectivity index (χ1n) is 3.56. The van der Waals surface area contributed by atoms with Gasteiger partial charge in [0.15, 0.2) is 0 Å². The number of carboxylic acids is 1. The molecule has 2 atom stereocenters. The molecule has 46 valence electrons. The Labute approximate surface area is 50.5 Å². The van der Waals surface area contributed by atoms with Crippen molar-refractivity contribution in [3.8, 4) is 0 Å². The van der Waals surface area contributed by atoms with Crippen molar-refractivity contribution in [3.05, 3.63) is 0 Å². The Kier molecular flexibility index (Phi) is 0.921. The van der Waals surface area contributed by atoms with Gasteiger partial charge in [-0.2, -0.15) is 0 Å². The molecule has 0 bridgehead atoms. The molecule has 0 spiro atoms. The van der Waals surface area contributed by atoms with E-state index in [9.17, 15) is 4.79 Å². The van der Waals surface area contributed by atoms with Crippen molar-refractivity contribution in [2.45, 2.75) is 18.8 Å². The van der Waals surface area contributed by atoms with Crippen LogP contribution in [-0.2, 0) is 4.79 Å². The van der Waals surface area contributed by atoms with Gasteiger partial charge in [0, 0.05) is 1.37 Å². The van der Waals surface area contributed by atoms with E-state index < -0.39 is 18.4 Å². The minimum atomic E-state index is -1.76. The lowest BCUT2D eigenvalue weighted by molar-refractivity contribution is -0.139. The van der Waals surface area contributed by atoms with Gasteiger partial charge in [-0.1, -0.05) is 0 Å². The molecule has 0 amide bonds. The van der Waals surface area contributed by atoms with Crippen molar-refractivity contribution < 1.29 is 12.6 Å². The summed E-state index contributed by atoms with van der Waals surface area (Å²) in [7, 11) is 0. The summed E-state index contributed by atoms with van der Waals surface area (Å²) in [5, 5.41) is 10.9.